The molecule has 110 valence electrons. The summed E-state index contributed by atoms with van der Waals surface area (Å²) in [4.78, 5) is 12.6. The Hall–Kier alpha value is -1.06. The van der Waals surface area contributed by atoms with Gasteiger partial charge in [0.1, 0.15) is 0 Å². The summed E-state index contributed by atoms with van der Waals surface area (Å²) in [6, 6.07) is 5.59. The quantitative estimate of drug-likeness (QED) is 0.892. The second-order valence-electron chi connectivity index (χ2n) is 6.09. The van der Waals surface area contributed by atoms with E-state index in [2.05, 4.69) is 12.2 Å². The van der Waals surface area contributed by atoms with E-state index in [9.17, 15) is 4.79 Å². The smallest absolute Gasteiger partial charge is 0.231 e. The number of amides is 1. The Bertz CT molecular complexity index is 493. The predicted molar refractivity (Wildman–Crippen MR) is 83.9 cm³/mol. The number of nitrogens with one attached hydrogen (secondary N) is 1. The number of hydrogen-bond donors (Lipinski definition) is 2. The number of carbonyl (C=O) groups excluding carboxylic acids is 1. The van der Waals surface area contributed by atoms with E-state index in [1.165, 1.54) is 0 Å². The van der Waals surface area contributed by atoms with Gasteiger partial charge < -0.3 is 11.1 Å². The minimum Gasteiger partial charge on any atom is -0.329 e. The normalized spacial score (nSPS) is 26.3. The Labute approximate surface area is 125 Å². The van der Waals surface area contributed by atoms with Gasteiger partial charge in [0, 0.05) is 17.3 Å². The number of aryl methyl sites for hydroxylation is 1. The second-order valence-corrected chi connectivity index (χ2v) is 6.49. The molecule has 1 aromatic rings. The molecule has 0 aliphatic heterocycles. The fourth-order valence-electron chi connectivity index (χ4n) is 2.77. The van der Waals surface area contributed by atoms with Gasteiger partial charge in [0.15, 0.2) is 0 Å². The number of carbonyl (C=O) groups is 1. The number of hydrogen-bond acceptors (Lipinski definition) is 2. The Balaban J connectivity index is 2.11. The van der Waals surface area contributed by atoms with Gasteiger partial charge in [-0.3, -0.25) is 4.79 Å². The molecule has 3 N–H and O–H groups in total. The zero-order chi connectivity index (χ0) is 14.8. The monoisotopic (exact) mass is 294 g/mol. The molecule has 0 spiro atoms. The van der Waals surface area contributed by atoms with Crippen molar-refractivity contribution in [3.63, 3.8) is 0 Å². The molecule has 0 saturated heterocycles. The first kappa shape index (κ1) is 15.3. The van der Waals surface area contributed by atoms with Crippen molar-refractivity contribution in [1.29, 1.82) is 0 Å². The van der Waals surface area contributed by atoms with Crippen LogP contribution in [-0.4, -0.2) is 12.5 Å². The lowest BCUT2D eigenvalue weighted by Crippen LogP contribution is -2.44. The van der Waals surface area contributed by atoms with Crippen LogP contribution in [0.1, 0.15) is 38.2 Å². The van der Waals surface area contributed by atoms with Gasteiger partial charge in [0.2, 0.25) is 5.91 Å². The lowest BCUT2D eigenvalue weighted by molar-refractivity contribution is -0.127. The molecular formula is C16H23ClN2O. The summed E-state index contributed by atoms with van der Waals surface area (Å²) in [6.45, 7) is 4.58. The maximum absolute atomic E-state index is 12.6. The first-order chi connectivity index (χ1) is 9.47. The number of nitrogens with two attached hydrogens (primary N) is 1. The van der Waals surface area contributed by atoms with Crippen molar-refractivity contribution >= 4 is 23.2 Å². The molecule has 3 nitrogen and oxygen atoms in total. The molecule has 20 heavy (non-hydrogen) atoms. The average molecular weight is 295 g/mol. The fraction of sp³-hybridized carbons (Fsp3) is 0.562. The highest BCUT2D eigenvalue weighted by molar-refractivity contribution is 6.31. The van der Waals surface area contributed by atoms with E-state index in [-0.39, 0.29) is 5.91 Å². The van der Waals surface area contributed by atoms with E-state index in [4.69, 9.17) is 17.3 Å². The highest BCUT2D eigenvalue weighted by Crippen LogP contribution is 2.39. The number of benzene rings is 1. The molecule has 0 unspecified atom stereocenters. The number of halogens is 1. The zero-order valence-corrected chi connectivity index (χ0v) is 13.0. The van der Waals surface area contributed by atoms with Crippen LogP contribution in [0.4, 0.5) is 5.69 Å². The van der Waals surface area contributed by atoms with E-state index in [1.54, 1.807) is 6.07 Å². The standard InChI is InChI=1S/C16H23ClN2O/c1-11-5-7-16(10-18,8-6-11)15(20)19-13-4-3-12(2)14(17)9-13/h3-4,9,11H,5-8,10,18H2,1-2H3,(H,19,20). The van der Waals surface area contributed by atoms with Gasteiger partial charge in [-0.2, -0.15) is 0 Å². The van der Waals surface area contributed by atoms with Crippen molar-refractivity contribution in [1.82, 2.24) is 0 Å². The van der Waals surface area contributed by atoms with Crippen LogP contribution in [-0.2, 0) is 4.79 Å². The van der Waals surface area contributed by atoms with Crippen molar-refractivity contribution in [2.45, 2.75) is 39.5 Å². The molecule has 4 heteroatoms. The minimum absolute atomic E-state index is 0.0341. The molecule has 1 aliphatic carbocycles. The third-order valence-corrected chi connectivity index (χ3v) is 4.94. The molecule has 1 amide bonds. The van der Waals surface area contributed by atoms with Crippen LogP contribution >= 0.6 is 11.6 Å². The topological polar surface area (TPSA) is 55.1 Å². The lowest BCUT2D eigenvalue weighted by Gasteiger charge is -2.37. The summed E-state index contributed by atoms with van der Waals surface area (Å²) in [5.41, 5.74) is 7.24. The van der Waals surface area contributed by atoms with Crippen molar-refractivity contribution in [3.05, 3.63) is 28.8 Å². The van der Waals surface area contributed by atoms with Crippen LogP contribution in [0.3, 0.4) is 0 Å². The van der Waals surface area contributed by atoms with Crippen molar-refractivity contribution in [2.75, 3.05) is 11.9 Å². The van der Waals surface area contributed by atoms with Crippen LogP contribution in [0.5, 0.6) is 0 Å². The van der Waals surface area contributed by atoms with E-state index in [0.717, 1.165) is 36.9 Å². The van der Waals surface area contributed by atoms with Crippen molar-refractivity contribution in [3.8, 4) is 0 Å². The Kier molecular flexibility index (Phi) is 4.71. The zero-order valence-electron chi connectivity index (χ0n) is 12.2. The van der Waals surface area contributed by atoms with Gasteiger partial charge in [-0.25, -0.2) is 0 Å². The van der Waals surface area contributed by atoms with Crippen LogP contribution < -0.4 is 11.1 Å². The average Bonchev–Trinajstić information content (AvgIpc) is 2.44. The third kappa shape index (κ3) is 3.15. The molecular weight excluding hydrogens is 272 g/mol. The molecule has 0 radical (unpaired) electrons. The fourth-order valence-corrected chi connectivity index (χ4v) is 2.95. The SMILES string of the molecule is Cc1ccc(NC(=O)C2(CN)CCC(C)CC2)cc1Cl. The van der Waals surface area contributed by atoms with E-state index >= 15 is 0 Å². The van der Waals surface area contributed by atoms with Crippen molar-refractivity contribution < 1.29 is 4.79 Å². The van der Waals surface area contributed by atoms with E-state index < -0.39 is 5.41 Å². The Morgan fingerprint density at radius 2 is 2.10 bits per heavy atom. The maximum atomic E-state index is 12.6. The van der Waals surface area contributed by atoms with Crippen LogP contribution in [0.15, 0.2) is 18.2 Å². The first-order valence-electron chi connectivity index (χ1n) is 7.24. The van der Waals surface area contributed by atoms with Crippen LogP contribution in [0, 0.1) is 18.3 Å². The molecule has 1 fully saturated rings. The summed E-state index contributed by atoms with van der Waals surface area (Å²) in [7, 11) is 0. The summed E-state index contributed by atoms with van der Waals surface area (Å²) in [5.74, 6) is 0.725. The molecule has 0 bridgehead atoms. The number of anilines is 1. The molecule has 1 aromatic carbocycles. The third-order valence-electron chi connectivity index (χ3n) is 4.53. The molecule has 0 atom stereocenters. The minimum atomic E-state index is -0.413. The lowest BCUT2D eigenvalue weighted by atomic mass is 9.70. The van der Waals surface area contributed by atoms with Gasteiger partial charge in [0.05, 0.1) is 5.41 Å². The maximum Gasteiger partial charge on any atom is 0.231 e. The largest absolute Gasteiger partial charge is 0.329 e. The predicted octanol–water partition coefficient (Wildman–Crippen LogP) is 3.74. The van der Waals surface area contributed by atoms with Gasteiger partial charge >= 0.3 is 0 Å². The van der Waals surface area contributed by atoms with Gasteiger partial charge in [0.25, 0.3) is 0 Å². The van der Waals surface area contributed by atoms with E-state index in [0.29, 0.717) is 17.5 Å². The Morgan fingerprint density at radius 3 is 2.65 bits per heavy atom. The van der Waals surface area contributed by atoms with Gasteiger partial charge in [-0.15, -0.1) is 0 Å². The first-order valence-corrected chi connectivity index (χ1v) is 7.62. The van der Waals surface area contributed by atoms with Crippen LogP contribution in [0.2, 0.25) is 5.02 Å². The second kappa shape index (κ2) is 6.15. The summed E-state index contributed by atoms with van der Waals surface area (Å²) < 4.78 is 0. The summed E-state index contributed by atoms with van der Waals surface area (Å²) in [6.07, 6.45) is 3.88. The molecule has 2 rings (SSSR count). The van der Waals surface area contributed by atoms with Crippen molar-refractivity contribution in [2.24, 2.45) is 17.1 Å². The summed E-state index contributed by atoms with van der Waals surface area (Å²) in [5, 5.41) is 3.65. The van der Waals surface area contributed by atoms with Gasteiger partial charge in [-0.05, 0) is 56.2 Å². The highest BCUT2D eigenvalue weighted by atomic mass is 35.5. The highest BCUT2D eigenvalue weighted by Gasteiger charge is 2.39. The molecule has 1 saturated carbocycles. The molecule has 0 aromatic heterocycles. The Morgan fingerprint density at radius 1 is 1.45 bits per heavy atom. The number of rotatable bonds is 3. The van der Waals surface area contributed by atoms with E-state index in [1.807, 2.05) is 19.1 Å². The van der Waals surface area contributed by atoms with Gasteiger partial charge in [-0.1, -0.05) is 24.6 Å². The molecule has 1 aliphatic rings. The molecule has 0 heterocycles. The van der Waals surface area contributed by atoms with Crippen LogP contribution in [0.25, 0.3) is 0 Å². The summed E-state index contributed by atoms with van der Waals surface area (Å²) >= 11 is 6.09.